The molecule has 3 atom stereocenters. The average molecular weight is 519 g/mol. The zero-order chi connectivity index (χ0) is 26.5. The molecule has 0 bridgehead atoms. The highest BCUT2D eigenvalue weighted by atomic mass is 32.2. The van der Waals surface area contributed by atoms with Crippen LogP contribution in [0.15, 0.2) is 48.5 Å². The number of hydrogen-bond acceptors (Lipinski definition) is 6. The topological polar surface area (TPSA) is 128 Å². The van der Waals surface area contributed by atoms with E-state index in [1.165, 1.54) is 4.90 Å². The van der Waals surface area contributed by atoms with Crippen molar-refractivity contribution in [1.82, 2.24) is 9.80 Å². The number of aliphatic hydroxyl groups excluding tert-OH is 1. The Bertz CT molecular complexity index is 1170. The summed E-state index contributed by atoms with van der Waals surface area (Å²) in [7, 11) is -1.84. The first-order valence-electron chi connectivity index (χ1n) is 11.7. The summed E-state index contributed by atoms with van der Waals surface area (Å²) in [6.07, 6.45) is 0.543. The van der Waals surface area contributed by atoms with E-state index in [4.69, 9.17) is 4.74 Å². The second-order valence-electron chi connectivity index (χ2n) is 9.26. The number of fused-ring (bicyclic) bond motifs is 1. The summed E-state index contributed by atoms with van der Waals surface area (Å²) in [6.45, 7) is 4.05. The van der Waals surface area contributed by atoms with Gasteiger partial charge in [0.2, 0.25) is 15.9 Å². The number of aliphatic hydroxyl groups is 1. The number of para-hydroxylation sites is 1. The van der Waals surface area contributed by atoms with Crippen molar-refractivity contribution in [3.63, 3.8) is 0 Å². The molecule has 0 fully saturated rings. The lowest BCUT2D eigenvalue weighted by molar-refractivity contribution is -0.134. The number of sulfonamides is 1. The fourth-order valence-electron chi connectivity index (χ4n) is 4.02. The molecular formula is C25H34N4O6S. The molecule has 196 valence electrons. The normalized spacial score (nSPS) is 19.1. The smallest absolute Gasteiger partial charge is 0.321 e. The summed E-state index contributed by atoms with van der Waals surface area (Å²) < 4.78 is 32.2. The Hall–Kier alpha value is -3.31. The Morgan fingerprint density at radius 3 is 2.56 bits per heavy atom. The van der Waals surface area contributed by atoms with Crippen LogP contribution in [0.4, 0.5) is 16.2 Å². The van der Waals surface area contributed by atoms with E-state index in [1.54, 1.807) is 49.2 Å². The van der Waals surface area contributed by atoms with E-state index in [0.29, 0.717) is 29.2 Å². The van der Waals surface area contributed by atoms with Crippen molar-refractivity contribution in [2.45, 2.75) is 32.4 Å². The predicted molar refractivity (Wildman–Crippen MR) is 139 cm³/mol. The molecule has 0 saturated heterocycles. The Morgan fingerprint density at radius 1 is 1.22 bits per heavy atom. The van der Waals surface area contributed by atoms with Gasteiger partial charge in [-0.3, -0.25) is 9.52 Å². The summed E-state index contributed by atoms with van der Waals surface area (Å²) in [5.41, 5.74) is 1.50. The molecular weight excluding hydrogens is 484 g/mol. The molecule has 0 spiro atoms. The van der Waals surface area contributed by atoms with Crippen LogP contribution in [0, 0.1) is 5.92 Å². The van der Waals surface area contributed by atoms with Gasteiger partial charge in [-0.15, -0.1) is 0 Å². The third kappa shape index (κ3) is 7.34. The van der Waals surface area contributed by atoms with Gasteiger partial charge in [0.05, 0.1) is 31.9 Å². The molecule has 0 radical (unpaired) electrons. The third-order valence-electron chi connectivity index (χ3n) is 6.05. The van der Waals surface area contributed by atoms with Gasteiger partial charge in [-0.25, -0.2) is 13.2 Å². The number of nitrogens with one attached hydrogen (secondary N) is 2. The Balaban J connectivity index is 1.90. The zero-order valence-corrected chi connectivity index (χ0v) is 21.8. The molecule has 2 aromatic rings. The molecule has 3 rings (SSSR count). The van der Waals surface area contributed by atoms with Gasteiger partial charge in [0.1, 0.15) is 11.9 Å². The molecule has 3 N–H and O–H groups in total. The number of carbonyl (C=O) groups excluding carboxylic acids is 2. The van der Waals surface area contributed by atoms with Crippen molar-refractivity contribution in [3.8, 4) is 5.75 Å². The second kappa shape index (κ2) is 11.6. The summed E-state index contributed by atoms with van der Waals surface area (Å²) in [5.74, 6) is 0.0462. The van der Waals surface area contributed by atoms with Crippen LogP contribution in [0.25, 0.3) is 0 Å². The Labute approximate surface area is 212 Å². The highest BCUT2D eigenvalue weighted by molar-refractivity contribution is 7.92. The zero-order valence-electron chi connectivity index (χ0n) is 21.0. The fourth-order valence-corrected chi connectivity index (χ4v) is 4.57. The number of benzene rings is 2. The molecule has 0 aliphatic carbocycles. The predicted octanol–water partition coefficient (Wildman–Crippen LogP) is 2.37. The van der Waals surface area contributed by atoms with E-state index >= 15 is 0 Å². The summed E-state index contributed by atoms with van der Waals surface area (Å²) in [6, 6.07) is 13.2. The van der Waals surface area contributed by atoms with E-state index in [2.05, 4.69) is 10.0 Å². The SMILES string of the molecule is C[C@@H]1CN([C@H](C)CO)C(=O)Cc2cc(NS(C)(=O)=O)ccc2O[C@H]1CN(C)C(=O)Nc1ccccc1. The van der Waals surface area contributed by atoms with Crippen molar-refractivity contribution in [3.05, 3.63) is 54.1 Å². The molecule has 11 heteroatoms. The van der Waals surface area contributed by atoms with E-state index in [9.17, 15) is 23.1 Å². The number of urea groups is 1. The third-order valence-corrected chi connectivity index (χ3v) is 6.65. The van der Waals surface area contributed by atoms with Crippen LogP contribution in [0.3, 0.4) is 0 Å². The average Bonchev–Trinajstić information content (AvgIpc) is 2.86. The lowest BCUT2D eigenvalue weighted by Crippen LogP contribution is -2.48. The number of nitrogens with zero attached hydrogens (tertiary/aromatic N) is 2. The van der Waals surface area contributed by atoms with E-state index in [1.807, 2.05) is 25.1 Å². The monoisotopic (exact) mass is 518 g/mol. The Kier molecular flexibility index (Phi) is 8.80. The number of ether oxygens (including phenoxy) is 1. The first-order valence-corrected chi connectivity index (χ1v) is 13.6. The number of carbonyl (C=O) groups is 2. The van der Waals surface area contributed by atoms with E-state index < -0.39 is 22.2 Å². The van der Waals surface area contributed by atoms with Gasteiger partial charge < -0.3 is 25.0 Å². The summed E-state index contributed by atoms with van der Waals surface area (Å²) in [4.78, 5) is 29.1. The van der Waals surface area contributed by atoms with Crippen LogP contribution in [-0.2, 0) is 21.2 Å². The molecule has 0 unspecified atom stereocenters. The number of rotatable bonds is 7. The standard InChI is InChI=1S/C25H34N4O6S/c1-17-14-29(18(2)16-30)24(31)13-19-12-21(27-36(4,33)34)10-11-22(19)35-23(17)15-28(3)25(32)26-20-8-6-5-7-9-20/h5-12,17-18,23,27,30H,13-16H2,1-4H3,(H,26,32)/t17-,18-,23+/m1/s1. The van der Waals surface area contributed by atoms with Crippen LogP contribution in [0.2, 0.25) is 0 Å². The van der Waals surface area contributed by atoms with Gasteiger partial charge in [-0.2, -0.15) is 0 Å². The van der Waals surface area contributed by atoms with Crippen molar-refractivity contribution >= 4 is 33.3 Å². The lowest BCUT2D eigenvalue weighted by Gasteiger charge is -2.34. The van der Waals surface area contributed by atoms with Crippen molar-refractivity contribution in [2.75, 3.05) is 43.0 Å². The fraction of sp³-hybridized carbons (Fsp3) is 0.440. The lowest BCUT2D eigenvalue weighted by atomic mass is 10.0. The summed E-state index contributed by atoms with van der Waals surface area (Å²) in [5, 5.41) is 12.6. The second-order valence-corrected chi connectivity index (χ2v) is 11.0. The van der Waals surface area contributed by atoms with Gasteiger partial charge in [-0.1, -0.05) is 25.1 Å². The first-order chi connectivity index (χ1) is 17.0. The molecule has 3 amide bonds. The molecule has 1 aliphatic rings. The van der Waals surface area contributed by atoms with Gasteiger partial charge >= 0.3 is 6.03 Å². The molecule has 36 heavy (non-hydrogen) atoms. The van der Waals surface area contributed by atoms with Crippen molar-refractivity contribution in [1.29, 1.82) is 0 Å². The number of likely N-dealkylation sites (N-methyl/N-ethyl adjacent to an activating group) is 1. The van der Waals surface area contributed by atoms with Crippen molar-refractivity contribution < 1.29 is 27.9 Å². The van der Waals surface area contributed by atoms with Gasteiger partial charge in [0, 0.05) is 36.4 Å². The number of hydrogen-bond donors (Lipinski definition) is 3. The molecule has 1 heterocycles. The van der Waals surface area contributed by atoms with Gasteiger partial charge in [0.15, 0.2) is 0 Å². The van der Waals surface area contributed by atoms with Crippen LogP contribution in [0.1, 0.15) is 19.4 Å². The number of amides is 3. The van der Waals surface area contributed by atoms with Crippen LogP contribution in [-0.4, -0.2) is 80.4 Å². The minimum atomic E-state index is -3.51. The van der Waals surface area contributed by atoms with Crippen LogP contribution < -0.4 is 14.8 Å². The first kappa shape index (κ1) is 27.3. The quantitative estimate of drug-likeness (QED) is 0.516. The summed E-state index contributed by atoms with van der Waals surface area (Å²) >= 11 is 0. The van der Waals surface area contributed by atoms with Crippen molar-refractivity contribution in [2.24, 2.45) is 5.92 Å². The van der Waals surface area contributed by atoms with Crippen LogP contribution in [0.5, 0.6) is 5.75 Å². The number of anilines is 2. The largest absolute Gasteiger partial charge is 0.488 e. The molecule has 1 aliphatic heterocycles. The maximum Gasteiger partial charge on any atom is 0.321 e. The maximum absolute atomic E-state index is 13.2. The van der Waals surface area contributed by atoms with Crippen LogP contribution >= 0.6 is 0 Å². The highest BCUT2D eigenvalue weighted by Crippen LogP contribution is 2.29. The molecule has 10 nitrogen and oxygen atoms in total. The van der Waals surface area contributed by atoms with Gasteiger partial charge in [0.25, 0.3) is 0 Å². The molecule has 2 aromatic carbocycles. The van der Waals surface area contributed by atoms with Gasteiger partial charge in [-0.05, 0) is 37.3 Å². The minimum Gasteiger partial charge on any atom is -0.488 e. The maximum atomic E-state index is 13.2. The molecule has 0 aromatic heterocycles. The van der Waals surface area contributed by atoms with E-state index in [0.717, 1.165) is 6.26 Å². The molecule has 0 saturated carbocycles. The van der Waals surface area contributed by atoms with E-state index in [-0.39, 0.29) is 37.4 Å². The minimum absolute atomic E-state index is 0.0251. The Morgan fingerprint density at radius 2 is 1.92 bits per heavy atom. The highest BCUT2D eigenvalue weighted by Gasteiger charge is 2.32.